The van der Waals surface area contributed by atoms with E-state index in [1.54, 1.807) is 7.11 Å². The van der Waals surface area contributed by atoms with Crippen molar-refractivity contribution in [2.45, 2.75) is 39.5 Å². The van der Waals surface area contributed by atoms with E-state index in [2.05, 4.69) is 39.8 Å². The fourth-order valence-electron chi connectivity index (χ4n) is 2.25. The molecule has 22 heavy (non-hydrogen) atoms. The summed E-state index contributed by atoms with van der Waals surface area (Å²) in [6, 6.07) is 18.0. The van der Waals surface area contributed by atoms with E-state index < -0.39 is 0 Å². The van der Waals surface area contributed by atoms with Crippen molar-refractivity contribution in [1.29, 1.82) is 5.26 Å². The van der Waals surface area contributed by atoms with Gasteiger partial charge in [-0.3, -0.25) is 0 Å². The zero-order chi connectivity index (χ0) is 16.5. The minimum Gasteiger partial charge on any atom is -0.496 e. The lowest BCUT2D eigenvalue weighted by Crippen LogP contribution is -1.92. The first-order chi connectivity index (χ1) is 10.5. The van der Waals surface area contributed by atoms with E-state index in [0.29, 0.717) is 11.8 Å². The molecule has 0 bridgehead atoms. The first-order valence-electron chi connectivity index (χ1n) is 7.63. The van der Waals surface area contributed by atoms with Gasteiger partial charge in [-0.05, 0) is 35.1 Å². The number of ether oxygens (including phenoxy) is 1. The average Bonchev–Trinajstić information content (AvgIpc) is 2.55. The highest BCUT2D eigenvalue weighted by Gasteiger charge is 2.04. The van der Waals surface area contributed by atoms with Gasteiger partial charge in [0.05, 0.1) is 18.7 Å². The lowest BCUT2D eigenvalue weighted by atomic mass is 9.98. The van der Waals surface area contributed by atoms with Gasteiger partial charge in [-0.1, -0.05) is 64.1 Å². The van der Waals surface area contributed by atoms with Crippen LogP contribution in [0, 0.1) is 11.3 Å². The maximum atomic E-state index is 8.72. The van der Waals surface area contributed by atoms with Gasteiger partial charge in [-0.2, -0.15) is 5.26 Å². The average molecular weight is 295 g/mol. The summed E-state index contributed by atoms with van der Waals surface area (Å²) in [5.41, 5.74) is 3.20. The minimum atomic E-state index is 0.436. The van der Waals surface area contributed by atoms with Gasteiger partial charge in [0.1, 0.15) is 5.75 Å². The second-order valence-corrected chi connectivity index (χ2v) is 5.75. The second kappa shape index (κ2) is 8.89. The Hall–Kier alpha value is -2.27. The first-order valence-corrected chi connectivity index (χ1v) is 7.63. The summed E-state index contributed by atoms with van der Waals surface area (Å²) in [5, 5.41) is 8.72. The van der Waals surface area contributed by atoms with Gasteiger partial charge in [0, 0.05) is 0 Å². The van der Waals surface area contributed by atoms with Crippen LogP contribution in [0.5, 0.6) is 5.75 Å². The molecular weight excluding hydrogens is 270 g/mol. The molecule has 2 rings (SSSR count). The zero-order valence-electron chi connectivity index (χ0n) is 14.1. The van der Waals surface area contributed by atoms with Crippen LogP contribution in [0.2, 0.25) is 0 Å². The van der Waals surface area contributed by atoms with Crippen LogP contribution < -0.4 is 4.74 Å². The number of benzene rings is 2. The molecule has 0 amide bonds. The fourth-order valence-corrected chi connectivity index (χ4v) is 2.25. The van der Waals surface area contributed by atoms with E-state index in [9.17, 15) is 0 Å². The molecule has 2 aromatic rings. The molecule has 0 saturated carbocycles. The molecule has 0 aromatic heterocycles. The molecule has 2 nitrogen and oxygen atoms in total. The van der Waals surface area contributed by atoms with Crippen molar-refractivity contribution >= 4 is 0 Å². The molecule has 0 aliphatic heterocycles. The summed E-state index contributed by atoms with van der Waals surface area (Å²) in [7, 11) is 1.71. The number of hydrogen-bond acceptors (Lipinski definition) is 2. The van der Waals surface area contributed by atoms with Gasteiger partial charge in [-0.15, -0.1) is 0 Å². The lowest BCUT2D eigenvalue weighted by molar-refractivity contribution is 0.407. The van der Waals surface area contributed by atoms with Crippen molar-refractivity contribution in [2.75, 3.05) is 7.11 Å². The van der Waals surface area contributed by atoms with E-state index in [-0.39, 0.29) is 0 Å². The highest BCUT2D eigenvalue weighted by molar-refractivity contribution is 5.39. The van der Waals surface area contributed by atoms with Crippen LogP contribution in [-0.4, -0.2) is 7.11 Å². The van der Waals surface area contributed by atoms with Gasteiger partial charge in [0.2, 0.25) is 0 Å². The predicted molar refractivity (Wildman–Crippen MR) is 92.3 cm³/mol. The van der Waals surface area contributed by atoms with Crippen LogP contribution >= 0.6 is 0 Å². The van der Waals surface area contributed by atoms with E-state index in [0.717, 1.165) is 16.9 Å². The molecule has 0 aliphatic carbocycles. The molecule has 0 aliphatic rings. The highest BCUT2D eigenvalue weighted by Crippen LogP contribution is 2.24. The maximum absolute atomic E-state index is 8.72. The molecule has 0 N–H and O–H groups in total. The van der Waals surface area contributed by atoms with Gasteiger partial charge in [-0.25, -0.2) is 0 Å². The zero-order valence-corrected chi connectivity index (χ0v) is 14.1. The predicted octanol–water partition coefficient (Wildman–Crippen LogP) is 5.50. The first kappa shape index (κ1) is 17.8. The van der Waals surface area contributed by atoms with Crippen molar-refractivity contribution in [3.05, 3.63) is 65.2 Å². The molecule has 116 valence electrons. The van der Waals surface area contributed by atoms with Crippen molar-refractivity contribution in [3.8, 4) is 11.8 Å². The Morgan fingerprint density at radius 1 is 0.818 bits per heavy atom. The van der Waals surface area contributed by atoms with Crippen LogP contribution in [0.4, 0.5) is 0 Å². The van der Waals surface area contributed by atoms with Gasteiger partial charge in [0.15, 0.2) is 0 Å². The third-order valence-corrected chi connectivity index (χ3v) is 3.46. The van der Waals surface area contributed by atoms with Crippen molar-refractivity contribution < 1.29 is 4.74 Å². The summed E-state index contributed by atoms with van der Waals surface area (Å²) >= 11 is 0. The SMILES string of the molecule is CC(C)c1ccccc1C#N.COc1ccccc1C(C)C. The third-order valence-electron chi connectivity index (χ3n) is 3.46. The molecule has 2 aromatic carbocycles. The normalized spacial score (nSPS) is 9.91. The summed E-state index contributed by atoms with van der Waals surface area (Å²) in [4.78, 5) is 0. The van der Waals surface area contributed by atoms with E-state index in [1.807, 2.05) is 42.5 Å². The molecule has 0 saturated heterocycles. The number of hydrogen-bond donors (Lipinski definition) is 0. The van der Waals surface area contributed by atoms with Crippen LogP contribution in [0.1, 0.15) is 56.2 Å². The van der Waals surface area contributed by atoms with Gasteiger partial charge >= 0.3 is 0 Å². The number of rotatable bonds is 3. The van der Waals surface area contributed by atoms with Crippen molar-refractivity contribution in [1.82, 2.24) is 0 Å². The summed E-state index contributed by atoms with van der Waals surface area (Å²) in [6.45, 7) is 8.52. The Morgan fingerprint density at radius 2 is 1.32 bits per heavy atom. The lowest BCUT2D eigenvalue weighted by Gasteiger charge is -2.10. The van der Waals surface area contributed by atoms with Gasteiger partial charge in [0.25, 0.3) is 0 Å². The summed E-state index contributed by atoms with van der Waals surface area (Å²) < 4.78 is 5.21. The molecule has 0 fully saturated rings. The third kappa shape index (κ3) is 4.93. The Kier molecular flexibility index (Phi) is 7.19. The summed E-state index contributed by atoms with van der Waals surface area (Å²) in [6.07, 6.45) is 0. The standard InChI is InChI=1S/C10H11N.C10H14O/c1-8(2)10-6-4-3-5-9(10)7-11;1-8(2)9-6-4-5-7-10(9)11-3/h3-6,8H,1-2H3;4-8H,1-3H3. The Labute approximate surface area is 134 Å². The summed E-state index contributed by atoms with van der Waals surface area (Å²) in [5.74, 6) is 1.96. The van der Waals surface area contributed by atoms with Crippen LogP contribution in [0.15, 0.2) is 48.5 Å². The van der Waals surface area contributed by atoms with Crippen molar-refractivity contribution in [2.24, 2.45) is 0 Å². The van der Waals surface area contributed by atoms with E-state index in [4.69, 9.17) is 10.00 Å². The number of nitrogens with zero attached hydrogens (tertiary/aromatic N) is 1. The topological polar surface area (TPSA) is 33.0 Å². The second-order valence-electron chi connectivity index (χ2n) is 5.75. The van der Waals surface area contributed by atoms with Crippen LogP contribution in [-0.2, 0) is 0 Å². The molecule has 0 radical (unpaired) electrons. The number of nitriles is 1. The Bertz CT molecular complexity index is 624. The Balaban J connectivity index is 0.000000220. The largest absolute Gasteiger partial charge is 0.496 e. The molecular formula is C20H25NO. The van der Waals surface area contributed by atoms with Gasteiger partial charge < -0.3 is 4.74 Å². The monoisotopic (exact) mass is 295 g/mol. The highest BCUT2D eigenvalue weighted by atomic mass is 16.5. The number of methoxy groups -OCH3 is 1. The fraction of sp³-hybridized carbons (Fsp3) is 0.350. The molecule has 2 heteroatoms. The molecule has 0 spiro atoms. The molecule has 0 atom stereocenters. The maximum Gasteiger partial charge on any atom is 0.122 e. The van der Waals surface area contributed by atoms with E-state index in [1.165, 1.54) is 5.56 Å². The molecule has 0 heterocycles. The van der Waals surface area contributed by atoms with Crippen molar-refractivity contribution in [3.63, 3.8) is 0 Å². The Morgan fingerprint density at radius 3 is 1.73 bits per heavy atom. The van der Waals surface area contributed by atoms with Crippen LogP contribution in [0.25, 0.3) is 0 Å². The quantitative estimate of drug-likeness (QED) is 0.749. The van der Waals surface area contributed by atoms with Crippen LogP contribution in [0.3, 0.4) is 0 Å². The number of para-hydroxylation sites is 1. The smallest absolute Gasteiger partial charge is 0.122 e. The molecule has 0 unspecified atom stereocenters. The minimum absolute atomic E-state index is 0.436. The van der Waals surface area contributed by atoms with E-state index >= 15 is 0 Å².